The number of hydrogen-bond donors (Lipinski definition) is 0. The summed E-state index contributed by atoms with van der Waals surface area (Å²) in [4.78, 5) is 9.76. The summed E-state index contributed by atoms with van der Waals surface area (Å²) < 4.78 is 5.66. The number of nitrogens with zero attached hydrogens (tertiary/aromatic N) is 2. The molecule has 0 radical (unpaired) electrons. The minimum absolute atomic E-state index is 0.213. The molecule has 0 aliphatic carbocycles. The number of hydroxylamine groups is 2. The normalized spacial score (nSPS) is 11.1. The number of hydrogen-bond acceptors (Lipinski definition) is 4. The van der Waals surface area contributed by atoms with Crippen molar-refractivity contribution in [2.45, 2.75) is 6.61 Å². The molecule has 1 unspecified atom stereocenters. The van der Waals surface area contributed by atoms with Crippen molar-refractivity contribution in [2.75, 3.05) is 14.1 Å². The molecule has 0 saturated carbocycles. The third kappa shape index (κ3) is 5.07. The molecule has 0 aliphatic heterocycles. The molecule has 4 nitrogen and oxygen atoms in total. The van der Waals surface area contributed by atoms with Gasteiger partial charge in [-0.05, 0) is 0 Å². The Morgan fingerprint density at radius 3 is 2.84 bits per heavy atom. The quantitative estimate of drug-likeness (QED) is 0.593. The van der Waals surface area contributed by atoms with Crippen molar-refractivity contribution >= 4 is 21.2 Å². The first-order chi connectivity index (χ1) is 9.24. The summed E-state index contributed by atoms with van der Waals surface area (Å²) in [6, 6.07) is 11.7. The summed E-state index contributed by atoms with van der Waals surface area (Å²) in [6.45, 7) is 2.64. The van der Waals surface area contributed by atoms with Gasteiger partial charge < -0.3 is 0 Å². The first-order valence-electron chi connectivity index (χ1n) is 5.98. The molecule has 2 rings (SSSR count). The second-order valence-corrected chi connectivity index (χ2v) is 5.15. The van der Waals surface area contributed by atoms with Gasteiger partial charge in [-0.2, -0.15) is 0 Å². The van der Waals surface area contributed by atoms with E-state index in [9.17, 15) is 0 Å². The van der Waals surface area contributed by atoms with E-state index in [1.807, 2.05) is 63.4 Å². The minimum atomic E-state index is 0.213. The Hall–Kier alpha value is -1.29. The average molecular weight is 274 g/mol. The fourth-order valence-corrected chi connectivity index (χ4v) is 2.18. The maximum absolute atomic E-state index is 5.66. The summed E-state index contributed by atoms with van der Waals surface area (Å²) in [5.74, 6) is 2.59. The Labute approximate surface area is 115 Å². The van der Waals surface area contributed by atoms with Crippen LogP contribution >= 0.6 is 8.81 Å². The number of pyridine rings is 1. The standard InChI is InChI=1S/C13H16BN2O2P/c1-16(2)18-12-7-5-8-13(15-12)19-17-10-11-6-3-4-9-14-11/h3-9,19H,10H2,1-2H3. The van der Waals surface area contributed by atoms with Crippen LogP contribution in [0.5, 0.6) is 5.88 Å². The van der Waals surface area contributed by atoms with Crippen LogP contribution in [0.25, 0.3) is 0 Å². The predicted molar refractivity (Wildman–Crippen MR) is 79.1 cm³/mol. The third-order valence-corrected chi connectivity index (χ3v) is 3.03. The molecule has 19 heavy (non-hydrogen) atoms. The second-order valence-electron chi connectivity index (χ2n) is 4.14. The van der Waals surface area contributed by atoms with E-state index >= 15 is 0 Å². The molecule has 2 aromatic rings. The fraction of sp³-hybridized carbons (Fsp3) is 0.231. The van der Waals surface area contributed by atoms with Gasteiger partial charge in [0.2, 0.25) is 0 Å². The molecular formula is C13H16BN2O2P. The summed E-state index contributed by atoms with van der Waals surface area (Å²) in [5, 5.41) is 1.61. The molecule has 2 heterocycles. The van der Waals surface area contributed by atoms with Crippen LogP contribution in [0.15, 0.2) is 42.4 Å². The molecular weight excluding hydrogens is 258 g/mol. The van der Waals surface area contributed by atoms with E-state index in [2.05, 4.69) is 4.98 Å². The van der Waals surface area contributed by atoms with Crippen molar-refractivity contribution in [3.8, 4) is 5.88 Å². The van der Waals surface area contributed by atoms with Gasteiger partial charge in [0, 0.05) is 0 Å². The van der Waals surface area contributed by atoms with Gasteiger partial charge in [0.05, 0.1) is 0 Å². The van der Waals surface area contributed by atoms with Crippen molar-refractivity contribution in [1.82, 2.24) is 10.0 Å². The van der Waals surface area contributed by atoms with E-state index in [1.165, 1.54) is 0 Å². The fourth-order valence-electron chi connectivity index (χ4n) is 1.48. The van der Waals surface area contributed by atoms with E-state index in [1.54, 1.807) is 5.06 Å². The van der Waals surface area contributed by atoms with E-state index in [0.717, 1.165) is 10.9 Å². The van der Waals surface area contributed by atoms with Crippen LogP contribution in [0.4, 0.5) is 0 Å². The van der Waals surface area contributed by atoms with Gasteiger partial charge in [0.25, 0.3) is 0 Å². The van der Waals surface area contributed by atoms with E-state index in [0.29, 0.717) is 12.5 Å². The molecule has 0 aliphatic rings. The van der Waals surface area contributed by atoms with Crippen LogP contribution in [0.2, 0.25) is 0 Å². The SMILES string of the molecule is CN(C)Oc1cccc(POCc2bcccc2)n1. The zero-order chi connectivity index (χ0) is 13.5. The van der Waals surface area contributed by atoms with E-state index in [4.69, 9.17) is 9.36 Å². The van der Waals surface area contributed by atoms with Crippen molar-refractivity contribution in [3.05, 3.63) is 47.8 Å². The predicted octanol–water partition coefficient (Wildman–Crippen LogP) is 1.71. The van der Waals surface area contributed by atoms with Gasteiger partial charge in [0.15, 0.2) is 0 Å². The molecule has 1 atom stereocenters. The van der Waals surface area contributed by atoms with Gasteiger partial charge >= 0.3 is 115 Å². The van der Waals surface area contributed by atoms with Crippen LogP contribution < -0.4 is 10.3 Å². The summed E-state index contributed by atoms with van der Waals surface area (Å²) >= 11 is 0. The zero-order valence-corrected chi connectivity index (χ0v) is 12.0. The Balaban J connectivity index is 1.86. The topological polar surface area (TPSA) is 34.6 Å². The molecule has 2 aromatic heterocycles. The first kappa shape index (κ1) is 14.1. The van der Waals surface area contributed by atoms with Crippen LogP contribution in [-0.2, 0) is 11.1 Å². The summed E-state index contributed by atoms with van der Waals surface area (Å²) in [5.41, 5.74) is 2.05. The van der Waals surface area contributed by atoms with E-state index < -0.39 is 0 Å². The molecule has 0 bridgehead atoms. The van der Waals surface area contributed by atoms with Crippen molar-refractivity contribution < 1.29 is 9.36 Å². The van der Waals surface area contributed by atoms with Gasteiger partial charge in [0.1, 0.15) is 0 Å². The van der Waals surface area contributed by atoms with Gasteiger partial charge in [-0.15, -0.1) is 0 Å². The third-order valence-electron chi connectivity index (χ3n) is 2.26. The second kappa shape index (κ2) is 7.34. The van der Waals surface area contributed by atoms with Crippen LogP contribution in [-0.4, -0.2) is 31.1 Å². The van der Waals surface area contributed by atoms with Crippen LogP contribution in [0, 0.1) is 0 Å². The molecule has 0 fully saturated rings. The molecule has 6 heteroatoms. The Bertz CT molecular complexity index is 511. The summed E-state index contributed by atoms with van der Waals surface area (Å²) in [6.07, 6.45) is 0. The van der Waals surface area contributed by atoms with Crippen molar-refractivity contribution in [2.24, 2.45) is 0 Å². The van der Waals surface area contributed by atoms with E-state index in [-0.39, 0.29) is 8.81 Å². The molecule has 0 aromatic carbocycles. The first-order valence-corrected chi connectivity index (χ1v) is 6.89. The van der Waals surface area contributed by atoms with Gasteiger partial charge in [-0.3, -0.25) is 0 Å². The number of rotatable bonds is 6. The average Bonchev–Trinajstić information content (AvgIpc) is 2.40. The van der Waals surface area contributed by atoms with Crippen LogP contribution in [0.1, 0.15) is 5.46 Å². The Kier molecular flexibility index (Phi) is 5.46. The zero-order valence-electron chi connectivity index (χ0n) is 11.0. The van der Waals surface area contributed by atoms with Crippen molar-refractivity contribution in [1.29, 1.82) is 0 Å². The summed E-state index contributed by atoms with van der Waals surface area (Å²) in [7, 11) is 3.86. The molecule has 0 amide bonds. The number of aromatic nitrogens is 1. The monoisotopic (exact) mass is 274 g/mol. The van der Waals surface area contributed by atoms with Crippen LogP contribution in [0.3, 0.4) is 0 Å². The molecule has 0 saturated heterocycles. The molecule has 0 spiro atoms. The Morgan fingerprint density at radius 2 is 2.11 bits per heavy atom. The maximum atomic E-state index is 5.66. The molecule has 98 valence electrons. The molecule has 0 N–H and O–H groups in total. The van der Waals surface area contributed by atoms with Crippen molar-refractivity contribution in [3.63, 3.8) is 0 Å². The Morgan fingerprint density at radius 1 is 1.21 bits per heavy atom. The van der Waals surface area contributed by atoms with Gasteiger partial charge in [-0.1, -0.05) is 0 Å². The van der Waals surface area contributed by atoms with Gasteiger partial charge in [-0.25, -0.2) is 0 Å².